The number of thiol groups is 1. The third-order valence-corrected chi connectivity index (χ3v) is 2.04. The third-order valence-electron chi connectivity index (χ3n) is 1.59. The number of anilines is 1. The molecule has 4 heteroatoms. The Morgan fingerprint density at radius 2 is 2.15 bits per heavy atom. The first kappa shape index (κ1) is 10.4. The van der Waals surface area contributed by atoms with Gasteiger partial charge in [0.1, 0.15) is 0 Å². The van der Waals surface area contributed by atoms with E-state index in [0.717, 1.165) is 0 Å². The van der Waals surface area contributed by atoms with Gasteiger partial charge in [0.15, 0.2) is 5.78 Å². The maximum atomic E-state index is 11.4. The van der Waals surface area contributed by atoms with Gasteiger partial charge in [-0.25, -0.2) is 0 Å². The number of carbonyl (C=O) groups is 1. The summed E-state index contributed by atoms with van der Waals surface area (Å²) < 4.78 is 0. The predicted octanol–water partition coefficient (Wildman–Crippen LogP) is 2.37. The molecule has 0 aliphatic rings. The van der Waals surface area contributed by atoms with E-state index in [1.807, 2.05) is 0 Å². The van der Waals surface area contributed by atoms with Crippen LogP contribution in [0.1, 0.15) is 17.3 Å². The zero-order valence-corrected chi connectivity index (χ0v) is 8.77. The summed E-state index contributed by atoms with van der Waals surface area (Å²) in [5.41, 5.74) is 6.58. The molecule has 0 heterocycles. The molecule has 1 aromatic carbocycles. The Labute approximate surface area is 87.5 Å². The second kappa shape index (κ2) is 4.03. The van der Waals surface area contributed by atoms with Gasteiger partial charge in [-0.2, -0.15) is 0 Å². The maximum absolute atomic E-state index is 11.4. The normalized spacial score (nSPS) is 12.5. The monoisotopic (exact) mass is 215 g/mol. The lowest BCUT2D eigenvalue weighted by molar-refractivity contribution is 0.0991. The van der Waals surface area contributed by atoms with Crippen LogP contribution in [0.2, 0.25) is 0 Å². The quantitative estimate of drug-likeness (QED) is 0.344. The second-order valence-electron chi connectivity index (χ2n) is 2.79. The van der Waals surface area contributed by atoms with E-state index in [9.17, 15) is 4.79 Å². The lowest BCUT2D eigenvalue weighted by Crippen LogP contribution is -2.10. The fourth-order valence-electron chi connectivity index (χ4n) is 1.01. The summed E-state index contributed by atoms with van der Waals surface area (Å²) in [6, 6.07) is 4.93. The SMILES string of the molecule is CC(Cl)C(=O)c1cc(N)cc(S)c1. The van der Waals surface area contributed by atoms with Crippen molar-refractivity contribution in [2.24, 2.45) is 0 Å². The van der Waals surface area contributed by atoms with E-state index in [1.54, 1.807) is 25.1 Å². The smallest absolute Gasteiger partial charge is 0.180 e. The number of rotatable bonds is 2. The first-order valence-corrected chi connectivity index (χ1v) is 4.67. The van der Waals surface area contributed by atoms with E-state index < -0.39 is 5.38 Å². The molecule has 0 saturated carbocycles. The maximum Gasteiger partial charge on any atom is 0.180 e. The Bertz CT molecular complexity index is 318. The number of hydrogen-bond donors (Lipinski definition) is 2. The third kappa shape index (κ3) is 2.64. The molecule has 0 saturated heterocycles. The van der Waals surface area contributed by atoms with Crippen molar-refractivity contribution in [2.45, 2.75) is 17.2 Å². The van der Waals surface area contributed by atoms with Gasteiger partial charge >= 0.3 is 0 Å². The minimum Gasteiger partial charge on any atom is -0.399 e. The number of nitrogens with two attached hydrogens (primary N) is 1. The summed E-state index contributed by atoms with van der Waals surface area (Å²) in [7, 11) is 0. The van der Waals surface area contributed by atoms with Crippen LogP contribution in [0.25, 0.3) is 0 Å². The Balaban J connectivity index is 3.08. The molecule has 1 unspecified atom stereocenters. The molecular formula is C9H10ClNOS. The molecule has 0 aromatic heterocycles. The molecule has 0 aliphatic carbocycles. The van der Waals surface area contributed by atoms with Crippen molar-refractivity contribution in [1.29, 1.82) is 0 Å². The topological polar surface area (TPSA) is 43.1 Å². The zero-order valence-electron chi connectivity index (χ0n) is 7.12. The van der Waals surface area contributed by atoms with Crippen LogP contribution in [-0.4, -0.2) is 11.2 Å². The fourth-order valence-corrected chi connectivity index (χ4v) is 1.42. The van der Waals surface area contributed by atoms with Crippen LogP contribution in [0, 0.1) is 0 Å². The fraction of sp³-hybridized carbons (Fsp3) is 0.222. The lowest BCUT2D eigenvalue weighted by atomic mass is 10.1. The Morgan fingerprint density at radius 3 is 2.62 bits per heavy atom. The average Bonchev–Trinajstić information content (AvgIpc) is 2.01. The van der Waals surface area contributed by atoms with Gasteiger partial charge in [-0.05, 0) is 25.1 Å². The number of benzene rings is 1. The van der Waals surface area contributed by atoms with Crippen molar-refractivity contribution >= 4 is 35.7 Å². The van der Waals surface area contributed by atoms with E-state index >= 15 is 0 Å². The van der Waals surface area contributed by atoms with Crippen LogP contribution in [0.5, 0.6) is 0 Å². The molecule has 70 valence electrons. The van der Waals surface area contributed by atoms with Gasteiger partial charge in [-0.3, -0.25) is 4.79 Å². The van der Waals surface area contributed by atoms with Crippen LogP contribution < -0.4 is 5.73 Å². The van der Waals surface area contributed by atoms with Crippen molar-refractivity contribution < 1.29 is 4.79 Å². The van der Waals surface area contributed by atoms with Crippen molar-refractivity contribution in [3.63, 3.8) is 0 Å². The Kier molecular flexibility index (Phi) is 3.22. The van der Waals surface area contributed by atoms with Crippen LogP contribution in [0.3, 0.4) is 0 Å². The molecule has 1 aromatic rings. The Morgan fingerprint density at radius 1 is 1.54 bits per heavy atom. The number of ketones is 1. The van der Waals surface area contributed by atoms with Gasteiger partial charge in [0.2, 0.25) is 0 Å². The van der Waals surface area contributed by atoms with E-state index in [2.05, 4.69) is 12.6 Å². The van der Waals surface area contributed by atoms with Crippen LogP contribution in [-0.2, 0) is 0 Å². The number of Topliss-reactive ketones (excluding diaryl/α,β-unsaturated/α-hetero) is 1. The summed E-state index contributed by atoms with van der Waals surface area (Å²) in [4.78, 5) is 12.1. The van der Waals surface area contributed by atoms with Crippen LogP contribution in [0.4, 0.5) is 5.69 Å². The minimum absolute atomic E-state index is 0.135. The van der Waals surface area contributed by atoms with Crippen molar-refractivity contribution in [3.8, 4) is 0 Å². The number of carbonyl (C=O) groups excluding carboxylic acids is 1. The number of hydrogen-bond acceptors (Lipinski definition) is 3. The number of halogens is 1. The first-order valence-electron chi connectivity index (χ1n) is 3.78. The highest BCUT2D eigenvalue weighted by Crippen LogP contribution is 2.17. The highest BCUT2D eigenvalue weighted by Gasteiger charge is 2.12. The van der Waals surface area contributed by atoms with Gasteiger partial charge in [0.25, 0.3) is 0 Å². The van der Waals surface area contributed by atoms with Gasteiger partial charge in [-0.15, -0.1) is 24.2 Å². The largest absolute Gasteiger partial charge is 0.399 e. The molecule has 2 N–H and O–H groups in total. The van der Waals surface area contributed by atoms with Gasteiger partial charge in [0, 0.05) is 16.1 Å². The first-order chi connectivity index (χ1) is 6.00. The molecule has 0 bridgehead atoms. The van der Waals surface area contributed by atoms with Crippen molar-refractivity contribution in [1.82, 2.24) is 0 Å². The van der Waals surface area contributed by atoms with Gasteiger partial charge < -0.3 is 5.73 Å². The van der Waals surface area contributed by atoms with Crippen LogP contribution >= 0.6 is 24.2 Å². The molecule has 0 radical (unpaired) electrons. The highest BCUT2D eigenvalue weighted by atomic mass is 35.5. The molecule has 0 fully saturated rings. The molecule has 1 rings (SSSR count). The van der Waals surface area contributed by atoms with E-state index in [-0.39, 0.29) is 5.78 Å². The summed E-state index contributed by atoms with van der Waals surface area (Å²) >= 11 is 9.76. The standard InChI is InChI=1S/C9H10ClNOS/c1-5(10)9(12)6-2-7(11)4-8(13)3-6/h2-5,13H,11H2,1H3. The molecule has 0 spiro atoms. The summed E-state index contributed by atoms with van der Waals surface area (Å²) in [5.74, 6) is -0.135. The summed E-state index contributed by atoms with van der Waals surface area (Å²) in [5, 5.41) is -0.533. The average molecular weight is 216 g/mol. The molecular weight excluding hydrogens is 206 g/mol. The van der Waals surface area contributed by atoms with Crippen molar-refractivity contribution in [3.05, 3.63) is 23.8 Å². The van der Waals surface area contributed by atoms with Gasteiger partial charge in [0.05, 0.1) is 5.38 Å². The Hall–Kier alpha value is -0.670. The summed E-state index contributed by atoms with van der Waals surface area (Å²) in [6.07, 6.45) is 0. The van der Waals surface area contributed by atoms with Crippen LogP contribution in [0.15, 0.2) is 23.1 Å². The molecule has 2 nitrogen and oxygen atoms in total. The summed E-state index contributed by atoms with van der Waals surface area (Å²) in [6.45, 7) is 1.63. The molecule has 13 heavy (non-hydrogen) atoms. The number of alkyl halides is 1. The zero-order chi connectivity index (χ0) is 10.0. The lowest BCUT2D eigenvalue weighted by Gasteiger charge is -2.04. The molecule has 0 amide bonds. The van der Waals surface area contributed by atoms with Gasteiger partial charge in [-0.1, -0.05) is 0 Å². The second-order valence-corrected chi connectivity index (χ2v) is 3.96. The minimum atomic E-state index is -0.533. The van der Waals surface area contributed by atoms with E-state index in [0.29, 0.717) is 16.1 Å². The molecule has 0 aliphatic heterocycles. The van der Waals surface area contributed by atoms with Crippen molar-refractivity contribution in [2.75, 3.05) is 5.73 Å². The predicted molar refractivity (Wildman–Crippen MR) is 57.8 cm³/mol. The van der Waals surface area contributed by atoms with E-state index in [1.165, 1.54) is 0 Å². The molecule has 1 atom stereocenters. The highest BCUT2D eigenvalue weighted by molar-refractivity contribution is 7.80. The number of nitrogen functional groups attached to an aromatic ring is 1. The van der Waals surface area contributed by atoms with E-state index in [4.69, 9.17) is 17.3 Å².